The largest absolute Gasteiger partial charge is 0.328 e. The van der Waals surface area contributed by atoms with Crippen molar-refractivity contribution in [1.29, 1.82) is 0 Å². The van der Waals surface area contributed by atoms with Crippen molar-refractivity contribution in [2.24, 2.45) is 5.73 Å². The Kier molecular flexibility index (Phi) is 5.30. The molecule has 0 atom stereocenters. The van der Waals surface area contributed by atoms with E-state index in [0.717, 1.165) is 12.8 Å². The van der Waals surface area contributed by atoms with Crippen LogP contribution in [0.1, 0.15) is 26.7 Å². The predicted molar refractivity (Wildman–Crippen MR) is 75.5 cm³/mol. The Hall–Kier alpha value is -1.62. The molecule has 1 aromatic carbocycles. The number of nitrogens with two attached hydrogens (primary N) is 1. The van der Waals surface area contributed by atoms with Gasteiger partial charge in [0.1, 0.15) is 5.82 Å². The van der Waals surface area contributed by atoms with Crippen LogP contribution in [0.25, 0.3) is 0 Å². The second kappa shape index (κ2) is 6.52. The number of carbonyl (C=O) groups excluding carboxylic acids is 1. The minimum absolute atomic E-state index is 0.235. The summed E-state index contributed by atoms with van der Waals surface area (Å²) >= 11 is 0. The Bertz CT molecular complexity index is 407. The molecule has 2 amide bonds. The fourth-order valence-corrected chi connectivity index (χ4v) is 2.11. The molecular weight excluding hydrogens is 245 g/mol. The van der Waals surface area contributed by atoms with Crippen LogP contribution in [0.2, 0.25) is 0 Å². The summed E-state index contributed by atoms with van der Waals surface area (Å²) < 4.78 is 12.8. The van der Waals surface area contributed by atoms with Crippen LogP contribution < -0.4 is 11.1 Å². The van der Waals surface area contributed by atoms with E-state index in [9.17, 15) is 9.18 Å². The molecule has 0 aliphatic carbocycles. The van der Waals surface area contributed by atoms with E-state index < -0.39 is 0 Å². The van der Waals surface area contributed by atoms with Gasteiger partial charge in [0.05, 0.1) is 5.54 Å². The first-order chi connectivity index (χ1) is 8.99. The van der Waals surface area contributed by atoms with Crippen LogP contribution in [0.15, 0.2) is 24.3 Å². The number of anilines is 1. The van der Waals surface area contributed by atoms with E-state index in [1.54, 1.807) is 11.9 Å². The molecule has 0 aromatic heterocycles. The number of nitrogens with zero attached hydrogens (tertiary/aromatic N) is 1. The van der Waals surface area contributed by atoms with Crippen LogP contribution in [-0.2, 0) is 0 Å². The Balaban J connectivity index is 2.79. The molecule has 19 heavy (non-hydrogen) atoms. The third kappa shape index (κ3) is 3.44. The molecule has 0 heterocycles. The van der Waals surface area contributed by atoms with Gasteiger partial charge in [0.2, 0.25) is 0 Å². The smallest absolute Gasteiger partial charge is 0.322 e. The number of benzene rings is 1. The van der Waals surface area contributed by atoms with E-state index in [1.807, 2.05) is 13.8 Å². The van der Waals surface area contributed by atoms with Gasteiger partial charge in [-0.25, -0.2) is 9.18 Å². The molecule has 0 bridgehead atoms. The zero-order valence-corrected chi connectivity index (χ0v) is 11.7. The molecule has 1 aromatic rings. The number of likely N-dealkylation sites (N-methyl/N-ethyl adjacent to an activating group) is 1. The number of rotatable bonds is 5. The Morgan fingerprint density at radius 2 is 1.84 bits per heavy atom. The molecule has 5 heteroatoms. The normalized spacial score (nSPS) is 11.2. The topological polar surface area (TPSA) is 58.4 Å². The molecule has 0 saturated carbocycles. The quantitative estimate of drug-likeness (QED) is 0.861. The van der Waals surface area contributed by atoms with Crippen LogP contribution in [0.3, 0.4) is 0 Å². The fraction of sp³-hybridized carbons (Fsp3) is 0.500. The van der Waals surface area contributed by atoms with Gasteiger partial charge in [-0.15, -0.1) is 0 Å². The van der Waals surface area contributed by atoms with E-state index >= 15 is 0 Å². The standard InChI is InChI=1S/C14H22FN3O/c1-4-14(5-2,10-16)18(3)13(19)17-12-8-6-11(15)7-9-12/h6-9H,4-5,10,16H2,1-3H3,(H,17,19). The summed E-state index contributed by atoms with van der Waals surface area (Å²) in [5.41, 5.74) is 6.03. The Morgan fingerprint density at radius 1 is 1.32 bits per heavy atom. The highest BCUT2D eigenvalue weighted by atomic mass is 19.1. The Morgan fingerprint density at radius 3 is 2.26 bits per heavy atom. The van der Waals surface area contributed by atoms with Gasteiger partial charge in [0.15, 0.2) is 0 Å². The zero-order chi connectivity index (χ0) is 14.5. The third-order valence-electron chi connectivity index (χ3n) is 3.81. The van der Waals surface area contributed by atoms with E-state index in [4.69, 9.17) is 5.73 Å². The number of amides is 2. The first-order valence-corrected chi connectivity index (χ1v) is 6.49. The average Bonchev–Trinajstić information content (AvgIpc) is 2.43. The molecule has 0 aliphatic heterocycles. The predicted octanol–water partition coefficient (Wildman–Crippen LogP) is 2.81. The number of carbonyl (C=O) groups is 1. The number of hydrogen-bond acceptors (Lipinski definition) is 2. The number of halogens is 1. The van der Waals surface area contributed by atoms with Crippen LogP contribution in [-0.4, -0.2) is 30.1 Å². The van der Waals surface area contributed by atoms with Crippen molar-refractivity contribution >= 4 is 11.7 Å². The first-order valence-electron chi connectivity index (χ1n) is 6.49. The summed E-state index contributed by atoms with van der Waals surface area (Å²) in [6, 6.07) is 5.45. The third-order valence-corrected chi connectivity index (χ3v) is 3.81. The molecule has 106 valence electrons. The van der Waals surface area contributed by atoms with E-state index in [1.165, 1.54) is 24.3 Å². The van der Waals surface area contributed by atoms with Crippen molar-refractivity contribution in [3.63, 3.8) is 0 Å². The monoisotopic (exact) mass is 267 g/mol. The minimum Gasteiger partial charge on any atom is -0.328 e. The number of nitrogens with one attached hydrogen (secondary N) is 1. The molecule has 3 N–H and O–H groups in total. The summed E-state index contributed by atoms with van der Waals surface area (Å²) in [6.45, 7) is 4.43. The van der Waals surface area contributed by atoms with Gasteiger partial charge in [-0.2, -0.15) is 0 Å². The van der Waals surface area contributed by atoms with Crippen molar-refractivity contribution in [3.05, 3.63) is 30.1 Å². The zero-order valence-electron chi connectivity index (χ0n) is 11.7. The van der Waals surface area contributed by atoms with Gasteiger partial charge in [-0.3, -0.25) is 0 Å². The van der Waals surface area contributed by atoms with Crippen LogP contribution in [0, 0.1) is 5.82 Å². The van der Waals surface area contributed by atoms with Crippen molar-refractivity contribution in [2.45, 2.75) is 32.2 Å². The second-order valence-corrected chi connectivity index (χ2v) is 4.63. The molecule has 0 spiro atoms. The summed E-state index contributed by atoms with van der Waals surface area (Å²) in [6.07, 6.45) is 1.57. The van der Waals surface area contributed by atoms with Gasteiger partial charge in [-0.05, 0) is 37.1 Å². The summed E-state index contributed by atoms with van der Waals surface area (Å²) in [5.74, 6) is -0.329. The number of urea groups is 1. The van der Waals surface area contributed by atoms with Crippen molar-refractivity contribution in [3.8, 4) is 0 Å². The molecule has 1 rings (SSSR count). The van der Waals surface area contributed by atoms with Crippen molar-refractivity contribution in [1.82, 2.24) is 4.90 Å². The summed E-state index contributed by atoms with van der Waals surface area (Å²) in [7, 11) is 1.73. The van der Waals surface area contributed by atoms with E-state index in [0.29, 0.717) is 12.2 Å². The molecule has 0 radical (unpaired) electrons. The molecular formula is C14H22FN3O. The lowest BCUT2D eigenvalue weighted by molar-refractivity contribution is 0.140. The molecule has 0 aliphatic rings. The van der Waals surface area contributed by atoms with E-state index in [-0.39, 0.29) is 17.4 Å². The second-order valence-electron chi connectivity index (χ2n) is 4.63. The lowest BCUT2D eigenvalue weighted by Gasteiger charge is -2.39. The highest BCUT2D eigenvalue weighted by molar-refractivity contribution is 5.89. The SMILES string of the molecule is CCC(CC)(CN)N(C)C(=O)Nc1ccc(F)cc1. The highest BCUT2D eigenvalue weighted by Gasteiger charge is 2.32. The summed E-state index contributed by atoms with van der Waals surface area (Å²) in [4.78, 5) is 13.8. The maximum atomic E-state index is 12.8. The minimum atomic E-state index is -0.343. The van der Waals surface area contributed by atoms with Gasteiger partial charge >= 0.3 is 6.03 Å². The summed E-state index contributed by atoms with van der Waals surface area (Å²) in [5, 5.41) is 2.74. The van der Waals surface area contributed by atoms with Gasteiger partial charge in [0, 0.05) is 19.3 Å². The van der Waals surface area contributed by atoms with Gasteiger partial charge in [0.25, 0.3) is 0 Å². The molecule has 0 unspecified atom stereocenters. The van der Waals surface area contributed by atoms with Gasteiger partial charge < -0.3 is 16.0 Å². The van der Waals surface area contributed by atoms with Crippen LogP contribution in [0.5, 0.6) is 0 Å². The average molecular weight is 267 g/mol. The van der Waals surface area contributed by atoms with E-state index in [2.05, 4.69) is 5.32 Å². The highest BCUT2D eigenvalue weighted by Crippen LogP contribution is 2.22. The molecule has 0 fully saturated rings. The van der Waals surface area contributed by atoms with Gasteiger partial charge in [-0.1, -0.05) is 13.8 Å². The first kappa shape index (κ1) is 15.4. The van der Waals surface area contributed by atoms with Crippen LogP contribution >= 0.6 is 0 Å². The van der Waals surface area contributed by atoms with Crippen molar-refractivity contribution < 1.29 is 9.18 Å². The fourth-order valence-electron chi connectivity index (χ4n) is 2.11. The Labute approximate surface area is 113 Å². The van der Waals surface area contributed by atoms with Crippen molar-refractivity contribution in [2.75, 3.05) is 18.9 Å². The number of hydrogen-bond donors (Lipinski definition) is 2. The lowest BCUT2D eigenvalue weighted by Crippen LogP contribution is -2.55. The lowest BCUT2D eigenvalue weighted by atomic mass is 9.91. The molecule has 0 saturated heterocycles. The van der Waals surface area contributed by atoms with Crippen LogP contribution in [0.4, 0.5) is 14.9 Å². The maximum absolute atomic E-state index is 12.8. The maximum Gasteiger partial charge on any atom is 0.322 e. The molecule has 4 nitrogen and oxygen atoms in total.